The fourth-order valence-electron chi connectivity index (χ4n) is 0.804. The Morgan fingerprint density at radius 3 is 2.36 bits per heavy atom. The molecule has 1 aliphatic heterocycles. The van der Waals surface area contributed by atoms with E-state index in [0.717, 1.165) is 0 Å². The van der Waals surface area contributed by atoms with E-state index < -0.39 is 30.4 Å². The van der Waals surface area contributed by atoms with Gasteiger partial charge in [-0.3, -0.25) is 0 Å². The predicted molar refractivity (Wildman–Crippen MR) is 32.5 cm³/mol. The Balaban J connectivity index is 2.90. The number of aliphatic hydroxyl groups is 1. The van der Waals surface area contributed by atoms with Gasteiger partial charge in [-0.2, -0.15) is 13.2 Å². The van der Waals surface area contributed by atoms with Crippen molar-refractivity contribution in [3.8, 4) is 0 Å². The largest absolute Gasteiger partial charge is 0.455 e. The lowest BCUT2D eigenvalue weighted by Crippen LogP contribution is -2.58. The third-order valence-electron chi connectivity index (χ3n) is 1.63. The van der Waals surface area contributed by atoms with Gasteiger partial charge in [-0.1, -0.05) is 0 Å². The van der Waals surface area contributed by atoms with Crippen molar-refractivity contribution in [3.63, 3.8) is 0 Å². The SMILES string of the molecule is CC1(C(F)(F)F)OC(=O)C(F)C(O)O1. The van der Waals surface area contributed by atoms with Crippen LogP contribution in [0.2, 0.25) is 0 Å². The van der Waals surface area contributed by atoms with Crippen LogP contribution in [0.3, 0.4) is 0 Å². The highest BCUT2D eigenvalue weighted by atomic mass is 19.4. The van der Waals surface area contributed by atoms with Gasteiger partial charge in [0.25, 0.3) is 0 Å². The van der Waals surface area contributed by atoms with E-state index in [1.807, 2.05) is 0 Å². The summed E-state index contributed by atoms with van der Waals surface area (Å²) in [5.74, 6) is -5.10. The molecule has 82 valence electrons. The molecule has 0 bridgehead atoms. The molecule has 1 aliphatic rings. The summed E-state index contributed by atoms with van der Waals surface area (Å²) >= 11 is 0. The van der Waals surface area contributed by atoms with Crippen molar-refractivity contribution in [3.05, 3.63) is 0 Å². The third-order valence-corrected chi connectivity index (χ3v) is 1.63. The first-order chi connectivity index (χ1) is 6.17. The molecule has 14 heavy (non-hydrogen) atoms. The predicted octanol–water partition coefficient (Wildman–Crippen LogP) is 0.495. The lowest BCUT2D eigenvalue weighted by molar-refractivity contribution is -0.411. The first-order valence-corrected chi connectivity index (χ1v) is 3.47. The monoisotopic (exact) mass is 218 g/mol. The van der Waals surface area contributed by atoms with Gasteiger partial charge in [0.05, 0.1) is 0 Å². The molecule has 0 aliphatic carbocycles. The summed E-state index contributed by atoms with van der Waals surface area (Å²) in [5.41, 5.74) is 0. The van der Waals surface area contributed by atoms with Gasteiger partial charge in [-0.15, -0.1) is 0 Å². The topological polar surface area (TPSA) is 55.8 Å². The lowest BCUT2D eigenvalue weighted by atomic mass is 10.2. The molecule has 3 atom stereocenters. The molecule has 3 unspecified atom stereocenters. The number of aliphatic hydroxyl groups excluding tert-OH is 1. The fourth-order valence-corrected chi connectivity index (χ4v) is 0.804. The zero-order valence-electron chi connectivity index (χ0n) is 6.84. The number of ether oxygens (including phenoxy) is 2. The maximum atomic E-state index is 12.5. The van der Waals surface area contributed by atoms with Crippen LogP contribution in [-0.2, 0) is 14.3 Å². The molecule has 0 aromatic rings. The molecule has 1 rings (SSSR count). The molecule has 1 N–H and O–H groups in total. The van der Waals surface area contributed by atoms with E-state index in [1.54, 1.807) is 0 Å². The number of rotatable bonds is 0. The lowest BCUT2D eigenvalue weighted by Gasteiger charge is -2.37. The van der Waals surface area contributed by atoms with Gasteiger partial charge in [-0.25, -0.2) is 9.18 Å². The highest BCUT2D eigenvalue weighted by Gasteiger charge is 2.61. The number of cyclic esters (lactones) is 1. The second kappa shape index (κ2) is 3.06. The molecular weight excluding hydrogens is 212 g/mol. The molecule has 0 radical (unpaired) electrons. The van der Waals surface area contributed by atoms with Crippen LogP contribution in [0.4, 0.5) is 17.6 Å². The Hall–Kier alpha value is -0.890. The minimum absolute atomic E-state index is 0.375. The van der Waals surface area contributed by atoms with Gasteiger partial charge in [-0.05, 0) is 0 Å². The Labute approximate surface area is 75.4 Å². The molecule has 8 heteroatoms. The van der Waals surface area contributed by atoms with Crippen LogP contribution in [0.5, 0.6) is 0 Å². The van der Waals surface area contributed by atoms with Crippen molar-refractivity contribution in [1.82, 2.24) is 0 Å². The van der Waals surface area contributed by atoms with E-state index in [1.165, 1.54) is 0 Å². The van der Waals surface area contributed by atoms with Crippen molar-refractivity contribution in [2.45, 2.75) is 31.3 Å². The summed E-state index contributed by atoms with van der Waals surface area (Å²) in [6, 6.07) is 0. The second-order valence-corrected chi connectivity index (χ2v) is 2.77. The van der Waals surface area contributed by atoms with Crippen molar-refractivity contribution in [2.75, 3.05) is 0 Å². The number of hydrogen-bond donors (Lipinski definition) is 1. The van der Waals surface area contributed by atoms with Crippen LogP contribution >= 0.6 is 0 Å². The molecule has 0 saturated carbocycles. The van der Waals surface area contributed by atoms with E-state index >= 15 is 0 Å². The van der Waals surface area contributed by atoms with E-state index in [9.17, 15) is 22.4 Å². The average Bonchev–Trinajstić information content (AvgIpc) is 1.98. The summed E-state index contributed by atoms with van der Waals surface area (Å²) in [5, 5.41) is 8.65. The molecular formula is C6H6F4O4. The minimum Gasteiger partial charge on any atom is -0.421 e. The molecule has 1 saturated heterocycles. The fraction of sp³-hybridized carbons (Fsp3) is 0.833. The zero-order valence-corrected chi connectivity index (χ0v) is 6.84. The normalized spacial score (nSPS) is 39.4. The number of halogens is 4. The van der Waals surface area contributed by atoms with E-state index in [-0.39, 0.29) is 0 Å². The van der Waals surface area contributed by atoms with Crippen LogP contribution in [0.25, 0.3) is 0 Å². The van der Waals surface area contributed by atoms with Crippen LogP contribution in [0, 0.1) is 0 Å². The molecule has 0 aromatic heterocycles. The molecule has 1 heterocycles. The molecule has 0 spiro atoms. The molecule has 0 amide bonds. The maximum Gasteiger partial charge on any atom is 0.455 e. The standard InChI is InChI=1S/C6H6F4O4/c1-5(6(8,9)10)13-3(11)2(7)4(12)14-5/h2-3,11H,1H3. The minimum atomic E-state index is -5.04. The van der Waals surface area contributed by atoms with Crippen molar-refractivity contribution >= 4 is 5.97 Å². The van der Waals surface area contributed by atoms with Crippen molar-refractivity contribution < 1.29 is 36.9 Å². The molecule has 4 nitrogen and oxygen atoms in total. The quantitative estimate of drug-likeness (QED) is 0.475. The number of carbonyl (C=O) groups excluding carboxylic acids is 1. The zero-order chi connectivity index (χ0) is 11.1. The highest BCUT2D eigenvalue weighted by Crippen LogP contribution is 2.38. The number of carbonyl (C=O) groups is 1. The van der Waals surface area contributed by atoms with E-state index in [2.05, 4.69) is 9.47 Å². The number of esters is 1. The van der Waals surface area contributed by atoms with Gasteiger partial charge in [0.1, 0.15) is 0 Å². The van der Waals surface area contributed by atoms with E-state index in [4.69, 9.17) is 5.11 Å². The third kappa shape index (κ3) is 1.67. The van der Waals surface area contributed by atoms with Gasteiger partial charge in [0, 0.05) is 6.92 Å². The molecule has 0 aromatic carbocycles. The smallest absolute Gasteiger partial charge is 0.421 e. The van der Waals surface area contributed by atoms with Crippen LogP contribution < -0.4 is 0 Å². The first-order valence-electron chi connectivity index (χ1n) is 3.47. The summed E-state index contributed by atoms with van der Waals surface area (Å²) in [7, 11) is 0. The van der Waals surface area contributed by atoms with Gasteiger partial charge in [0.2, 0.25) is 12.5 Å². The van der Waals surface area contributed by atoms with Gasteiger partial charge in [0.15, 0.2) is 0 Å². The second-order valence-electron chi connectivity index (χ2n) is 2.77. The Kier molecular flexibility index (Phi) is 2.44. The van der Waals surface area contributed by atoms with E-state index in [0.29, 0.717) is 6.92 Å². The Bertz CT molecular complexity index is 253. The first kappa shape index (κ1) is 11.2. The number of alkyl halides is 4. The van der Waals surface area contributed by atoms with Crippen LogP contribution in [0.1, 0.15) is 6.92 Å². The Morgan fingerprint density at radius 2 is 2.00 bits per heavy atom. The van der Waals surface area contributed by atoms with Crippen LogP contribution in [0.15, 0.2) is 0 Å². The Morgan fingerprint density at radius 1 is 1.50 bits per heavy atom. The van der Waals surface area contributed by atoms with Gasteiger partial charge < -0.3 is 14.6 Å². The average molecular weight is 218 g/mol. The number of hydrogen-bond acceptors (Lipinski definition) is 4. The van der Waals surface area contributed by atoms with Gasteiger partial charge >= 0.3 is 17.9 Å². The highest BCUT2D eigenvalue weighted by molar-refractivity contribution is 5.76. The summed E-state index contributed by atoms with van der Waals surface area (Å²) in [6.07, 6.45) is -10.1. The van der Waals surface area contributed by atoms with Crippen molar-refractivity contribution in [1.29, 1.82) is 0 Å². The maximum absolute atomic E-state index is 12.5. The molecule has 1 fully saturated rings. The van der Waals surface area contributed by atoms with Crippen molar-refractivity contribution in [2.24, 2.45) is 0 Å². The summed E-state index contributed by atoms with van der Waals surface area (Å²) in [6.45, 7) is 0.375. The summed E-state index contributed by atoms with van der Waals surface area (Å²) in [4.78, 5) is 10.5. The summed E-state index contributed by atoms with van der Waals surface area (Å²) < 4.78 is 56.5. The van der Waals surface area contributed by atoms with Crippen LogP contribution in [-0.4, -0.2) is 35.5 Å².